The van der Waals surface area contributed by atoms with Gasteiger partial charge in [-0.25, -0.2) is 9.97 Å². The van der Waals surface area contributed by atoms with Crippen LogP contribution in [0, 0.1) is 0 Å². The SMILES string of the molecule is CC(C)c1ccc(NC(=O)c2cnc3c(c2)c(CO)cn3C)cc1.Cn1cc(CO)c2cc(C(=O)Nc3ccc(Cl)cc3)cnc21. The quantitative estimate of drug-likeness (QED) is 0.160. The van der Waals surface area contributed by atoms with Gasteiger partial charge in [-0.15, -0.1) is 0 Å². The average molecular weight is 639 g/mol. The molecule has 10 nitrogen and oxygen atoms in total. The highest BCUT2D eigenvalue weighted by Gasteiger charge is 2.14. The fourth-order valence-corrected chi connectivity index (χ4v) is 5.20. The van der Waals surface area contributed by atoms with Crippen LogP contribution in [0.25, 0.3) is 22.1 Å². The second-order valence-electron chi connectivity index (χ2n) is 11.2. The number of pyridine rings is 2. The van der Waals surface area contributed by atoms with Gasteiger partial charge in [0.15, 0.2) is 0 Å². The zero-order chi connectivity index (χ0) is 33.0. The molecule has 0 radical (unpaired) electrons. The first-order chi connectivity index (χ1) is 22.1. The van der Waals surface area contributed by atoms with Crippen molar-refractivity contribution in [3.05, 3.63) is 118 Å². The Morgan fingerprint density at radius 2 is 1.15 bits per heavy atom. The van der Waals surface area contributed by atoms with Crippen molar-refractivity contribution in [3.63, 3.8) is 0 Å². The first-order valence-electron chi connectivity index (χ1n) is 14.7. The van der Waals surface area contributed by atoms with Crippen LogP contribution in [0.4, 0.5) is 11.4 Å². The van der Waals surface area contributed by atoms with Crippen LogP contribution in [0.5, 0.6) is 0 Å². The van der Waals surface area contributed by atoms with Crippen LogP contribution in [0.3, 0.4) is 0 Å². The molecule has 0 aliphatic heterocycles. The van der Waals surface area contributed by atoms with E-state index in [9.17, 15) is 19.8 Å². The number of aromatic nitrogens is 4. The smallest absolute Gasteiger partial charge is 0.257 e. The van der Waals surface area contributed by atoms with Crippen LogP contribution in [-0.4, -0.2) is 41.1 Å². The Morgan fingerprint density at radius 1 is 0.739 bits per heavy atom. The van der Waals surface area contributed by atoms with Gasteiger partial charge >= 0.3 is 0 Å². The van der Waals surface area contributed by atoms with Gasteiger partial charge in [0.25, 0.3) is 11.8 Å². The van der Waals surface area contributed by atoms with Crippen molar-refractivity contribution >= 4 is 56.9 Å². The summed E-state index contributed by atoms with van der Waals surface area (Å²) >= 11 is 5.82. The highest BCUT2D eigenvalue weighted by Crippen LogP contribution is 2.23. The molecule has 0 fully saturated rings. The van der Waals surface area contributed by atoms with Gasteiger partial charge in [0.1, 0.15) is 11.3 Å². The van der Waals surface area contributed by atoms with Crippen LogP contribution < -0.4 is 10.6 Å². The van der Waals surface area contributed by atoms with E-state index in [0.29, 0.717) is 27.8 Å². The second kappa shape index (κ2) is 13.9. The number of aryl methyl sites for hydroxylation is 2. The summed E-state index contributed by atoms with van der Waals surface area (Å²) in [6.07, 6.45) is 6.71. The highest BCUT2D eigenvalue weighted by atomic mass is 35.5. The number of aliphatic hydroxyl groups is 2. The lowest BCUT2D eigenvalue weighted by Gasteiger charge is -2.08. The number of hydrogen-bond donors (Lipinski definition) is 4. The molecule has 2 aromatic carbocycles. The van der Waals surface area contributed by atoms with Crippen LogP contribution in [0.15, 0.2) is 85.5 Å². The lowest BCUT2D eigenvalue weighted by Crippen LogP contribution is -2.12. The Labute approximate surface area is 271 Å². The van der Waals surface area contributed by atoms with E-state index in [1.54, 1.807) is 48.8 Å². The van der Waals surface area contributed by atoms with E-state index in [2.05, 4.69) is 34.4 Å². The summed E-state index contributed by atoms with van der Waals surface area (Å²) in [6.45, 7) is 4.09. The summed E-state index contributed by atoms with van der Waals surface area (Å²) < 4.78 is 3.66. The van der Waals surface area contributed by atoms with Gasteiger partial charge in [-0.3, -0.25) is 9.59 Å². The van der Waals surface area contributed by atoms with E-state index < -0.39 is 0 Å². The second-order valence-corrected chi connectivity index (χ2v) is 11.7. The van der Waals surface area contributed by atoms with Gasteiger partial charge in [0, 0.05) is 77.2 Å². The molecule has 0 aliphatic rings. The lowest BCUT2D eigenvalue weighted by molar-refractivity contribution is 0.101. The molecule has 4 heterocycles. The highest BCUT2D eigenvalue weighted by molar-refractivity contribution is 6.30. The Bertz CT molecular complexity index is 2010. The zero-order valence-electron chi connectivity index (χ0n) is 26.0. The van der Waals surface area contributed by atoms with E-state index in [1.165, 1.54) is 11.8 Å². The molecule has 0 spiro atoms. The molecule has 2 amide bonds. The van der Waals surface area contributed by atoms with E-state index in [1.807, 2.05) is 53.7 Å². The lowest BCUT2D eigenvalue weighted by atomic mass is 10.0. The first kappa shape index (κ1) is 32.4. The number of carbonyl (C=O) groups is 2. The molecule has 46 heavy (non-hydrogen) atoms. The molecule has 0 atom stereocenters. The molecule has 11 heteroatoms. The van der Waals surface area contributed by atoms with Gasteiger partial charge in [-0.05, 0) is 60.0 Å². The van der Waals surface area contributed by atoms with E-state index >= 15 is 0 Å². The number of amides is 2. The molecule has 4 aromatic heterocycles. The topological polar surface area (TPSA) is 134 Å². The number of halogens is 1. The molecule has 6 rings (SSSR count). The van der Waals surface area contributed by atoms with Crippen LogP contribution >= 0.6 is 11.6 Å². The third kappa shape index (κ3) is 7.10. The number of carbonyl (C=O) groups excluding carboxylic acids is 2. The Morgan fingerprint density at radius 3 is 1.54 bits per heavy atom. The fraction of sp³-hybridized carbons (Fsp3) is 0.200. The number of aliphatic hydroxyl groups excluding tert-OH is 2. The zero-order valence-corrected chi connectivity index (χ0v) is 26.7. The van der Waals surface area contributed by atoms with Gasteiger partial charge in [-0.1, -0.05) is 37.6 Å². The predicted octanol–water partition coefficient (Wildman–Crippen LogP) is 6.41. The molecule has 0 saturated heterocycles. The van der Waals surface area contributed by atoms with Gasteiger partial charge < -0.3 is 30.0 Å². The number of fused-ring (bicyclic) bond motifs is 2. The molecular weight excluding hydrogens is 604 g/mol. The molecule has 0 unspecified atom stereocenters. The number of hydrogen-bond acceptors (Lipinski definition) is 6. The normalized spacial score (nSPS) is 11.0. The molecule has 0 aliphatic carbocycles. The summed E-state index contributed by atoms with van der Waals surface area (Å²) in [5, 5.41) is 26.7. The summed E-state index contributed by atoms with van der Waals surface area (Å²) in [4.78, 5) is 33.4. The minimum Gasteiger partial charge on any atom is -0.392 e. The van der Waals surface area contributed by atoms with E-state index in [-0.39, 0.29) is 25.0 Å². The van der Waals surface area contributed by atoms with E-state index in [0.717, 1.165) is 38.9 Å². The Balaban J connectivity index is 0.000000182. The van der Waals surface area contributed by atoms with Gasteiger partial charge in [0.2, 0.25) is 0 Å². The Kier molecular flexibility index (Phi) is 9.81. The first-order valence-corrected chi connectivity index (χ1v) is 15.0. The summed E-state index contributed by atoms with van der Waals surface area (Å²) in [7, 11) is 3.71. The van der Waals surface area contributed by atoms with Crippen LogP contribution in [-0.2, 0) is 27.3 Å². The number of anilines is 2. The number of nitrogens with zero attached hydrogens (tertiary/aromatic N) is 4. The summed E-state index contributed by atoms with van der Waals surface area (Å²) in [5.74, 6) is -0.0183. The largest absolute Gasteiger partial charge is 0.392 e. The van der Waals surface area contributed by atoms with Crippen molar-refractivity contribution in [2.45, 2.75) is 33.0 Å². The van der Waals surface area contributed by atoms with Crippen LogP contribution in [0.2, 0.25) is 5.02 Å². The van der Waals surface area contributed by atoms with Gasteiger partial charge in [-0.2, -0.15) is 0 Å². The van der Waals surface area contributed by atoms with Crippen molar-refractivity contribution in [2.75, 3.05) is 10.6 Å². The minimum absolute atomic E-state index is 0.0826. The third-order valence-electron chi connectivity index (χ3n) is 7.59. The monoisotopic (exact) mass is 638 g/mol. The van der Waals surface area contributed by atoms with Crippen molar-refractivity contribution in [1.29, 1.82) is 0 Å². The fourth-order valence-electron chi connectivity index (χ4n) is 5.07. The maximum absolute atomic E-state index is 12.5. The third-order valence-corrected chi connectivity index (χ3v) is 7.85. The predicted molar refractivity (Wildman–Crippen MR) is 181 cm³/mol. The standard InChI is InChI=1S/C19H21N3O2.C16H14ClN3O2/c1-12(2)13-4-6-16(7-5-13)21-19(24)14-8-17-15(11-23)10-22(3)18(17)20-9-14;1-20-8-11(9-21)14-6-10(7-18-15(14)20)16(22)19-13-4-2-12(17)3-5-13/h4-10,12,23H,11H2,1-3H3,(H,21,24);2-8,21H,9H2,1H3,(H,19,22). The maximum atomic E-state index is 12.5. The summed E-state index contributed by atoms with van der Waals surface area (Å²) in [5.41, 5.74) is 6.52. The average Bonchev–Trinajstić information content (AvgIpc) is 3.57. The molecule has 0 bridgehead atoms. The van der Waals surface area contributed by atoms with Gasteiger partial charge in [0.05, 0.1) is 24.3 Å². The van der Waals surface area contributed by atoms with Crippen molar-refractivity contribution in [1.82, 2.24) is 19.1 Å². The molecular formula is C35H35ClN6O4. The van der Waals surface area contributed by atoms with Crippen molar-refractivity contribution in [2.24, 2.45) is 14.1 Å². The van der Waals surface area contributed by atoms with Crippen molar-refractivity contribution < 1.29 is 19.8 Å². The number of benzene rings is 2. The van der Waals surface area contributed by atoms with E-state index in [4.69, 9.17) is 11.6 Å². The Hall–Kier alpha value is -5.03. The maximum Gasteiger partial charge on any atom is 0.257 e. The minimum atomic E-state index is -0.260. The summed E-state index contributed by atoms with van der Waals surface area (Å²) in [6, 6.07) is 18.2. The number of nitrogens with one attached hydrogen (secondary N) is 2. The molecule has 236 valence electrons. The molecule has 4 N–H and O–H groups in total. The molecule has 6 aromatic rings. The molecule has 0 saturated carbocycles. The number of rotatable bonds is 7. The van der Waals surface area contributed by atoms with Crippen LogP contribution in [0.1, 0.15) is 57.2 Å². The van der Waals surface area contributed by atoms with Crippen molar-refractivity contribution in [3.8, 4) is 0 Å².